The van der Waals surface area contributed by atoms with E-state index in [4.69, 9.17) is 5.73 Å². The number of hydrogen-bond donors (Lipinski definition) is 1. The number of hydrogen-bond acceptors (Lipinski definition) is 1. The Bertz CT molecular complexity index is 296. The summed E-state index contributed by atoms with van der Waals surface area (Å²) in [5.74, 6) is 2.30. The molecular formula is C13H19NO. The smallest absolute Gasteiger partial charge is 0.244 e. The van der Waals surface area contributed by atoms with Crippen molar-refractivity contribution in [2.24, 2.45) is 28.9 Å². The van der Waals surface area contributed by atoms with Crippen LogP contribution in [0.15, 0.2) is 12.2 Å². The van der Waals surface area contributed by atoms with E-state index in [1.54, 1.807) is 0 Å². The van der Waals surface area contributed by atoms with Crippen molar-refractivity contribution in [1.29, 1.82) is 0 Å². The highest BCUT2D eigenvalue weighted by atomic mass is 16.1. The number of nitrogens with two attached hydrogens (primary N) is 1. The van der Waals surface area contributed by atoms with Crippen molar-refractivity contribution in [2.75, 3.05) is 0 Å². The van der Waals surface area contributed by atoms with Gasteiger partial charge in [0.1, 0.15) is 0 Å². The van der Waals surface area contributed by atoms with E-state index in [0.29, 0.717) is 0 Å². The molecule has 2 N–H and O–H groups in total. The molecule has 2 heteroatoms. The second kappa shape index (κ2) is 2.87. The van der Waals surface area contributed by atoms with Crippen LogP contribution in [0.4, 0.5) is 0 Å². The summed E-state index contributed by atoms with van der Waals surface area (Å²) in [6.45, 7) is 3.97. The van der Waals surface area contributed by atoms with E-state index in [2.05, 4.69) is 6.58 Å². The fourth-order valence-electron chi connectivity index (χ4n) is 4.74. The predicted molar refractivity (Wildman–Crippen MR) is 58.9 cm³/mol. The van der Waals surface area contributed by atoms with Gasteiger partial charge < -0.3 is 5.73 Å². The first-order valence-electron chi connectivity index (χ1n) is 6.08. The lowest BCUT2D eigenvalue weighted by Crippen LogP contribution is -2.48. The Kier molecular flexibility index (Phi) is 1.80. The lowest BCUT2D eigenvalue weighted by molar-refractivity contribution is -0.118. The summed E-state index contributed by atoms with van der Waals surface area (Å²) in [6, 6.07) is 0. The number of rotatable bonds is 2. The second-order valence-corrected chi connectivity index (χ2v) is 6.04. The Morgan fingerprint density at radius 3 is 1.80 bits per heavy atom. The van der Waals surface area contributed by atoms with Gasteiger partial charge in [-0.25, -0.2) is 0 Å². The first-order valence-corrected chi connectivity index (χ1v) is 6.08. The Labute approximate surface area is 90.9 Å². The van der Waals surface area contributed by atoms with Gasteiger partial charge >= 0.3 is 0 Å². The van der Waals surface area contributed by atoms with Gasteiger partial charge in [-0.15, -0.1) is 0 Å². The largest absolute Gasteiger partial charge is 0.366 e. The molecule has 82 valence electrons. The zero-order chi connectivity index (χ0) is 10.6. The molecule has 0 saturated heterocycles. The molecule has 2 nitrogen and oxygen atoms in total. The van der Waals surface area contributed by atoms with Gasteiger partial charge in [0.05, 0.1) is 0 Å². The molecule has 0 unspecified atom stereocenters. The highest BCUT2D eigenvalue weighted by molar-refractivity contribution is 5.92. The Morgan fingerprint density at radius 1 is 1.07 bits per heavy atom. The molecule has 0 radical (unpaired) electrons. The van der Waals surface area contributed by atoms with Crippen molar-refractivity contribution < 1.29 is 4.79 Å². The zero-order valence-electron chi connectivity index (χ0n) is 9.17. The first-order chi connectivity index (χ1) is 7.09. The summed E-state index contributed by atoms with van der Waals surface area (Å²) >= 11 is 0. The Balaban J connectivity index is 1.93. The summed E-state index contributed by atoms with van der Waals surface area (Å²) < 4.78 is 0. The van der Waals surface area contributed by atoms with Crippen LogP contribution in [0.1, 0.15) is 38.5 Å². The van der Waals surface area contributed by atoms with Crippen LogP contribution < -0.4 is 5.73 Å². The molecule has 15 heavy (non-hydrogen) atoms. The van der Waals surface area contributed by atoms with Crippen LogP contribution in [0.2, 0.25) is 0 Å². The zero-order valence-corrected chi connectivity index (χ0v) is 9.17. The summed E-state index contributed by atoms with van der Waals surface area (Å²) in [5.41, 5.74) is 6.25. The van der Waals surface area contributed by atoms with Gasteiger partial charge in [-0.3, -0.25) is 4.79 Å². The molecule has 4 aliphatic rings. The van der Waals surface area contributed by atoms with E-state index in [1.807, 2.05) is 0 Å². The van der Waals surface area contributed by atoms with Gasteiger partial charge in [0.2, 0.25) is 5.91 Å². The minimum atomic E-state index is -0.267. The van der Waals surface area contributed by atoms with Crippen LogP contribution in [-0.4, -0.2) is 5.91 Å². The van der Waals surface area contributed by atoms with E-state index in [-0.39, 0.29) is 11.3 Å². The van der Waals surface area contributed by atoms with E-state index in [9.17, 15) is 4.79 Å². The van der Waals surface area contributed by atoms with Crippen molar-refractivity contribution in [3.05, 3.63) is 12.2 Å². The SMILES string of the molecule is C=C(C(N)=O)C12CC3CC(CC(C3)C1)C2. The first kappa shape index (κ1) is 9.44. The van der Waals surface area contributed by atoms with E-state index < -0.39 is 0 Å². The molecule has 1 amide bonds. The summed E-state index contributed by atoms with van der Waals surface area (Å²) in [5, 5.41) is 0. The van der Waals surface area contributed by atoms with Crippen LogP contribution >= 0.6 is 0 Å². The average Bonchev–Trinajstić information content (AvgIpc) is 2.14. The molecule has 4 bridgehead atoms. The predicted octanol–water partition coefficient (Wildman–Crippen LogP) is 2.24. The summed E-state index contributed by atoms with van der Waals surface area (Å²) in [7, 11) is 0. The maximum atomic E-state index is 11.3. The van der Waals surface area contributed by atoms with Crippen molar-refractivity contribution in [3.8, 4) is 0 Å². The van der Waals surface area contributed by atoms with Crippen molar-refractivity contribution >= 4 is 5.91 Å². The average molecular weight is 205 g/mol. The molecule has 4 fully saturated rings. The lowest BCUT2D eigenvalue weighted by Gasteiger charge is -2.57. The molecule has 0 aromatic carbocycles. The second-order valence-electron chi connectivity index (χ2n) is 6.04. The third kappa shape index (κ3) is 1.27. The van der Waals surface area contributed by atoms with Crippen LogP contribution in [0, 0.1) is 23.2 Å². The maximum Gasteiger partial charge on any atom is 0.244 e. The van der Waals surface area contributed by atoms with Gasteiger partial charge in [0, 0.05) is 11.0 Å². The van der Waals surface area contributed by atoms with Crippen molar-refractivity contribution in [2.45, 2.75) is 38.5 Å². The Hall–Kier alpha value is -0.790. The highest BCUT2D eigenvalue weighted by Crippen LogP contribution is 2.62. The molecule has 0 aromatic rings. The van der Waals surface area contributed by atoms with Gasteiger partial charge in [-0.1, -0.05) is 6.58 Å². The van der Waals surface area contributed by atoms with Crippen LogP contribution in [0.3, 0.4) is 0 Å². The minimum absolute atomic E-state index is 0.112. The van der Waals surface area contributed by atoms with Crippen LogP contribution in [0.5, 0.6) is 0 Å². The van der Waals surface area contributed by atoms with Crippen LogP contribution in [0.25, 0.3) is 0 Å². The minimum Gasteiger partial charge on any atom is -0.366 e. The van der Waals surface area contributed by atoms with Gasteiger partial charge in [-0.2, -0.15) is 0 Å². The lowest BCUT2D eigenvalue weighted by atomic mass is 9.48. The number of carbonyl (C=O) groups excluding carboxylic acids is 1. The van der Waals surface area contributed by atoms with Crippen molar-refractivity contribution in [1.82, 2.24) is 0 Å². The topological polar surface area (TPSA) is 43.1 Å². The molecule has 0 aliphatic heterocycles. The van der Waals surface area contributed by atoms with Crippen LogP contribution in [-0.2, 0) is 4.79 Å². The molecule has 0 heterocycles. The van der Waals surface area contributed by atoms with Gasteiger partial charge in [0.15, 0.2) is 0 Å². The molecule has 4 saturated carbocycles. The maximum absolute atomic E-state index is 11.3. The van der Waals surface area contributed by atoms with E-state index >= 15 is 0 Å². The number of primary amides is 1. The molecule has 4 rings (SSSR count). The number of carbonyl (C=O) groups is 1. The fraction of sp³-hybridized carbons (Fsp3) is 0.769. The van der Waals surface area contributed by atoms with Gasteiger partial charge in [-0.05, 0) is 56.3 Å². The third-order valence-corrected chi connectivity index (χ3v) is 4.98. The molecule has 0 spiro atoms. The molecule has 4 aliphatic carbocycles. The van der Waals surface area contributed by atoms with Gasteiger partial charge in [0.25, 0.3) is 0 Å². The highest BCUT2D eigenvalue weighted by Gasteiger charge is 2.52. The Morgan fingerprint density at radius 2 is 1.47 bits per heavy atom. The molecule has 0 atom stereocenters. The molecular weight excluding hydrogens is 186 g/mol. The van der Waals surface area contributed by atoms with E-state index in [1.165, 1.54) is 38.5 Å². The fourth-order valence-corrected chi connectivity index (χ4v) is 4.74. The molecule has 0 aromatic heterocycles. The third-order valence-electron chi connectivity index (χ3n) is 4.98. The standard InChI is InChI=1S/C13H19NO/c1-8(12(14)15)13-5-9-2-10(6-13)4-11(3-9)7-13/h9-11H,1-7H2,(H2,14,15). The monoisotopic (exact) mass is 205 g/mol. The number of amides is 1. The normalized spacial score (nSPS) is 46.8. The summed E-state index contributed by atoms with van der Waals surface area (Å²) in [4.78, 5) is 11.3. The van der Waals surface area contributed by atoms with E-state index in [0.717, 1.165) is 23.3 Å². The summed E-state index contributed by atoms with van der Waals surface area (Å²) in [6.07, 6.45) is 7.73. The quantitative estimate of drug-likeness (QED) is 0.690. The van der Waals surface area contributed by atoms with Crippen molar-refractivity contribution in [3.63, 3.8) is 0 Å².